The molecule has 0 aliphatic heterocycles. The molecule has 0 radical (unpaired) electrons. The van der Waals surface area contributed by atoms with Gasteiger partial charge >= 0.3 is 0 Å². The SMILES string of the molecule is COc1cc2c(-c3ccc(Br)cc3F)ncnc2cc1OCC1CCC(S(C)(=O)=O)C(O)C1. The Bertz CT molecular complexity index is 1290. The quantitative estimate of drug-likeness (QED) is 0.503. The third kappa shape index (κ3) is 5.12. The fraction of sp³-hybridized carbons (Fsp3) is 0.391. The van der Waals surface area contributed by atoms with Crippen LogP contribution in [0.15, 0.2) is 41.1 Å². The molecule has 3 aromatic rings. The number of nitrogens with zero attached hydrogens (tertiary/aromatic N) is 2. The molecule has 10 heteroatoms. The fourth-order valence-electron chi connectivity index (χ4n) is 4.29. The van der Waals surface area contributed by atoms with E-state index in [0.29, 0.717) is 64.0 Å². The number of aliphatic hydroxyl groups excluding tert-OH is 1. The van der Waals surface area contributed by atoms with Crippen LogP contribution in [0, 0.1) is 11.7 Å². The molecular weight excluding hydrogens is 515 g/mol. The van der Waals surface area contributed by atoms with E-state index in [2.05, 4.69) is 25.9 Å². The van der Waals surface area contributed by atoms with Crippen molar-refractivity contribution in [1.29, 1.82) is 0 Å². The molecule has 0 saturated heterocycles. The number of aromatic nitrogens is 2. The predicted octanol–water partition coefficient (Wildman–Crippen LogP) is 4.16. The molecule has 1 N–H and O–H groups in total. The van der Waals surface area contributed by atoms with E-state index in [0.717, 1.165) is 6.26 Å². The number of fused-ring (bicyclic) bond motifs is 1. The van der Waals surface area contributed by atoms with E-state index in [4.69, 9.17) is 9.47 Å². The Labute approximate surface area is 200 Å². The second-order valence-electron chi connectivity index (χ2n) is 8.29. The van der Waals surface area contributed by atoms with Gasteiger partial charge in [0.15, 0.2) is 21.3 Å². The number of halogens is 2. The molecule has 1 aromatic heterocycles. The zero-order chi connectivity index (χ0) is 23.8. The number of hydrogen-bond acceptors (Lipinski definition) is 7. The van der Waals surface area contributed by atoms with Crippen molar-refractivity contribution in [2.75, 3.05) is 20.0 Å². The zero-order valence-electron chi connectivity index (χ0n) is 18.2. The van der Waals surface area contributed by atoms with E-state index >= 15 is 0 Å². The van der Waals surface area contributed by atoms with Gasteiger partial charge in [-0.1, -0.05) is 15.9 Å². The number of rotatable bonds is 6. The highest BCUT2D eigenvalue weighted by atomic mass is 79.9. The van der Waals surface area contributed by atoms with Crippen molar-refractivity contribution < 1.29 is 27.4 Å². The van der Waals surface area contributed by atoms with Gasteiger partial charge in [0.05, 0.1) is 36.3 Å². The lowest BCUT2D eigenvalue weighted by atomic mass is 9.87. The number of methoxy groups -OCH3 is 1. The Morgan fingerprint density at radius 2 is 1.97 bits per heavy atom. The van der Waals surface area contributed by atoms with Crippen LogP contribution in [0.1, 0.15) is 19.3 Å². The summed E-state index contributed by atoms with van der Waals surface area (Å²) in [7, 11) is -1.77. The lowest BCUT2D eigenvalue weighted by molar-refractivity contribution is 0.0834. The topological polar surface area (TPSA) is 98.6 Å². The molecule has 4 rings (SSSR count). The van der Waals surface area contributed by atoms with Crippen LogP contribution in [0.2, 0.25) is 0 Å². The summed E-state index contributed by atoms with van der Waals surface area (Å²) in [5.41, 5.74) is 1.36. The van der Waals surface area contributed by atoms with Crippen LogP contribution in [-0.2, 0) is 9.84 Å². The van der Waals surface area contributed by atoms with Crippen molar-refractivity contribution in [2.45, 2.75) is 30.6 Å². The maximum atomic E-state index is 14.6. The molecule has 3 atom stereocenters. The van der Waals surface area contributed by atoms with E-state index in [-0.39, 0.29) is 5.92 Å². The van der Waals surface area contributed by atoms with E-state index < -0.39 is 27.0 Å². The molecule has 176 valence electrons. The third-order valence-corrected chi connectivity index (χ3v) is 8.14. The molecule has 1 aliphatic rings. The second kappa shape index (κ2) is 9.52. The summed E-state index contributed by atoms with van der Waals surface area (Å²) < 4.78 is 50.3. The van der Waals surface area contributed by atoms with E-state index in [9.17, 15) is 17.9 Å². The minimum absolute atomic E-state index is 0.0104. The lowest BCUT2D eigenvalue weighted by Crippen LogP contribution is -2.40. The number of aliphatic hydroxyl groups is 1. The Kier molecular flexibility index (Phi) is 6.88. The van der Waals surface area contributed by atoms with E-state index in [1.807, 2.05) is 0 Å². The summed E-state index contributed by atoms with van der Waals surface area (Å²) in [6.45, 7) is 0.300. The van der Waals surface area contributed by atoms with Gasteiger partial charge < -0.3 is 14.6 Å². The van der Waals surface area contributed by atoms with Gasteiger partial charge in [-0.25, -0.2) is 22.8 Å². The second-order valence-corrected chi connectivity index (χ2v) is 11.5. The van der Waals surface area contributed by atoms with Crippen molar-refractivity contribution in [3.63, 3.8) is 0 Å². The van der Waals surface area contributed by atoms with Crippen LogP contribution in [0.5, 0.6) is 11.5 Å². The van der Waals surface area contributed by atoms with Gasteiger partial charge in [-0.2, -0.15) is 0 Å². The molecule has 0 bridgehead atoms. The van der Waals surface area contributed by atoms with Crippen LogP contribution in [0.3, 0.4) is 0 Å². The first kappa shape index (κ1) is 23.8. The zero-order valence-corrected chi connectivity index (χ0v) is 20.6. The Hall–Kier alpha value is -2.30. The molecule has 0 amide bonds. The highest BCUT2D eigenvalue weighted by Gasteiger charge is 2.35. The summed E-state index contributed by atoms with van der Waals surface area (Å²) in [5.74, 6) is 0.509. The summed E-state index contributed by atoms with van der Waals surface area (Å²) >= 11 is 3.26. The van der Waals surface area contributed by atoms with Gasteiger partial charge in [0.25, 0.3) is 0 Å². The summed E-state index contributed by atoms with van der Waals surface area (Å²) in [6, 6.07) is 8.21. The molecule has 1 saturated carbocycles. The highest BCUT2D eigenvalue weighted by molar-refractivity contribution is 9.10. The number of hydrogen-bond donors (Lipinski definition) is 1. The molecule has 0 spiro atoms. The van der Waals surface area contributed by atoms with Gasteiger partial charge in [-0.05, 0) is 49.4 Å². The van der Waals surface area contributed by atoms with Crippen molar-refractivity contribution >= 4 is 36.7 Å². The number of sulfone groups is 1. The predicted molar refractivity (Wildman–Crippen MR) is 127 cm³/mol. The normalized spacial score (nSPS) is 21.2. The molecular formula is C23H24BrFN2O5S. The molecule has 2 aromatic carbocycles. The number of ether oxygens (including phenoxy) is 2. The minimum atomic E-state index is -3.29. The Balaban J connectivity index is 1.58. The number of benzene rings is 2. The van der Waals surface area contributed by atoms with Crippen LogP contribution in [0.4, 0.5) is 4.39 Å². The molecule has 3 unspecified atom stereocenters. The van der Waals surface area contributed by atoms with Crippen LogP contribution in [0.25, 0.3) is 22.2 Å². The maximum Gasteiger partial charge on any atom is 0.163 e. The van der Waals surface area contributed by atoms with Crippen LogP contribution < -0.4 is 9.47 Å². The minimum Gasteiger partial charge on any atom is -0.493 e. The summed E-state index contributed by atoms with van der Waals surface area (Å²) in [6.07, 6.45) is 3.02. The van der Waals surface area contributed by atoms with Crippen molar-refractivity contribution in [2.24, 2.45) is 5.92 Å². The monoisotopic (exact) mass is 538 g/mol. The summed E-state index contributed by atoms with van der Waals surface area (Å²) in [4.78, 5) is 8.60. The van der Waals surface area contributed by atoms with Crippen molar-refractivity contribution in [3.8, 4) is 22.8 Å². The largest absolute Gasteiger partial charge is 0.493 e. The van der Waals surface area contributed by atoms with Crippen molar-refractivity contribution in [3.05, 3.63) is 46.9 Å². The van der Waals surface area contributed by atoms with Crippen molar-refractivity contribution in [1.82, 2.24) is 9.97 Å². The fourth-order valence-corrected chi connectivity index (χ4v) is 5.87. The van der Waals surface area contributed by atoms with Gasteiger partial charge in [-0.15, -0.1) is 0 Å². The maximum absolute atomic E-state index is 14.6. The standard InChI is InChI=1S/C23H24BrFN2O5S/c1-31-20-9-16-18(26-12-27-23(16)15-5-4-14(24)8-17(15)25)10-21(20)32-11-13-3-6-22(19(28)7-13)33(2,29)30/h4-5,8-10,12-13,19,22,28H,3,6-7,11H2,1-2H3. The van der Waals surface area contributed by atoms with Gasteiger partial charge in [0, 0.05) is 27.7 Å². The Morgan fingerprint density at radius 1 is 1.18 bits per heavy atom. The first-order valence-electron chi connectivity index (χ1n) is 10.4. The lowest BCUT2D eigenvalue weighted by Gasteiger charge is -2.31. The third-order valence-electron chi connectivity index (χ3n) is 5.99. The molecule has 33 heavy (non-hydrogen) atoms. The molecule has 1 heterocycles. The van der Waals surface area contributed by atoms with Gasteiger partial charge in [-0.3, -0.25) is 0 Å². The van der Waals surface area contributed by atoms with Gasteiger partial charge in [0.1, 0.15) is 12.1 Å². The molecule has 7 nitrogen and oxygen atoms in total. The molecule has 1 fully saturated rings. The molecule has 1 aliphatic carbocycles. The first-order chi connectivity index (χ1) is 15.7. The van der Waals surface area contributed by atoms with Gasteiger partial charge in [0.2, 0.25) is 0 Å². The van der Waals surface area contributed by atoms with Crippen LogP contribution in [-0.4, -0.2) is 54.8 Å². The first-order valence-corrected chi connectivity index (χ1v) is 13.2. The average Bonchev–Trinajstić information content (AvgIpc) is 2.76. The Morgan fingerprint density at radius 3 is 2.64 bits per heavy atom. The van der Waals surface area contributed by atoms with E-state index in [1.54, 1.807) is 24.3 Å². The summed E-state index contributed by atoms with van der Waals surface area (Å²) in [5, 5.41) is 10.2. The average molecular weight is 539 g/mol. The van der Waals surface area contributed by atoms with Crippen LogP contribution >= 0.6 is 15.9 Å². The van der Waals surface area contributed by atoms with E-state index in [1.165, 1.54) is 19.5 Å². The highest BCUT2D eigenvalue weighted by Crippen LogP contribution is 2.37. The smallest absolute Gasteiger partial charge is 0.163 e.